The van der Waals surface area contributed by atoms with E-state index in [0.717, 1.165) is 0 Å². The predicted molar refractivity (Wildman–Crippen MR) is 48.0 cm³/mol. The molecule has 0 spiro atoms. The fraction of sp³-hybridized carbons (Fsp3) is 1.00. The number of hydrogen-bond acceptors (Lipinski definition) is 0. The molecular formula is C2H11AlCl4. The van der Waals surface area contributed by atoms with E-state index in [1.54, 1.807) is 0 Å². The molecule has 0 unspecified atom stereocenters. The second kappa shape index (κ2) is 47.5. The normalized spacial score (nSPS) is 2.43. The molecule has 0 aromatic carbocycles. The maximum atomic E-state index is 2.19. The highest BCUT2D eigenvalue weighted by Crippen LogP contribution is 1.49. The van der Waals surface area contributed by atoms with Crippen molar-refractivity contribution in [2.75, 3.05) is 0 Å². The van der Waals surface area contributed by atoms with Crippen LogP contribution in [-0.2, 0) is 0 Å². The first-order chi connectivity index (χ1) is 1.41. The smallest absolute Gasteiger partial charge is 0.147 e. The predicted octanol–water partition coefficient (Wildman–Crippen LogP) is 1.74. The Morgan fingerprint density at radius 1 is 1.00 bits per heavy atom. The summed E-state index contributed by atoms with van der Waals surface area (Å²) < 4.78 is 0. The van der Waals surface area contributed by atoms with Crippen molar-refractivity contribution in [3.05, 3.63) is 0 Å². The molecule has 0 saturated heterocycles. The Balaban J connectivity index is -0.00000000333. The Labute approximate surface area is 77.9 Å². The summed E-state index contributed by atoms with van der Waals surface area (Å²) in [5, 5.41) is 1.39. The van der Waals surface area contributed by atoms with Crippen LogP contribution < -0.4 is 0 Å². The number of rotatable bonds is 0. The fourth-order valence-corrected chi connectivity index (χ4v) is 0. The summed E-state index contributed by atoms with van der Waals surface area (Å²) in [6.07, 6.45) is 0. The molecule has 0 saturated carbocycles. The van der Waals surface area contributed by atoms with E-state index in [0.29, 0.717) is 0 Å². The number of halogens is 4. The van der Waals surface area contributed by atoms with Crippen LogP contribution in [0.1, 0.15) is 6.92 Å². The zero-order valence-electron chi connectivity index (χ0n) is 4.34. The molecule has 0 aliphatic heterocycles. The zero-order chi connectivity index (χ0) is 2.71. The van der Waals surface area contributed by atoms with Gasteiger partial charge >= 0.3 is 0 Å². The molecule has 50 valence electrons. The second-order valence-electron chi connectivity index (χ2n) is 0.707. The average molecular weight is 204 g/mol. The second-order valence-corrected chi connectivity index (χ2v) is 2.12. The third kappa shape index (κ3) is 87.0. The lowest BCUT2D eigenvalue weighted by Crippen LogP contribution is -1.41. The van der Waals surface area contributed by atoms with E-state index in [4.69, 9.17) is 0 Å². The summed E-state index contributed by atoms with van der Waals surface area (Å²) in [7, 11) is 0. The molecule has 0 aliphatic rings. The third-order valence-electron chi connectivity index (χ3n) is 0. The number of hydrogen-bond donors (Lipinski definition) is 0. The quantitative estimate of drug-likeness (QED) is 0.527. The van der Waals surface area contributed by atoms with Crippen molar-refractivity contribution in [2.24, 2.45) is 0 Å². The molecule has 0 atom stereocenters. The Kier molecular flexibility index (Phi) is 256. The summed E-state index contributed by atoms with van der Waals surface area (Å²) in [4.78, 5) is 0. The van der Waals surface area contributed by atoms with Crippen molar-refractivity contribution >= 4 is 65.9 Å². The van der Waals surface area contributed by atoms with Gasteiger partial charge in [0.15, 0.2) is 0 Å². The standard InChI is InChI=1S/C2H5.Al.4ClH.2H/c1-2;;;;;;;/h1H2,2H3;;4*1H;;. The van der Waals surface area contributed by atoms with Crippen LogP contribution in [0.3, 0.4) is 0 Å². The van der Waals surface area contributed by atoms with E-state index < -0.39 is 0 Å². The molecule has 0 amide bonds. The van der Waals surface area contributed by atoms with Gasteiger partial charge in [-0.1, -0.05) is 6.92 Å². The van der Waals surface area contributed by atoms with Crippen molar-refractivity contribution < 1.29 is 0 Å². The van der Waals surface area contributed by atoms with Gasteiger partial charge in [-0.15, -0.1) is 54.9 Å². The summed E-state index contributed by atoms with van der Waals surface area (Å²) in [6, 6.07) is 0. The minimum absolute atomic E-state index is 0. The van der Waals surface area contributed by atoms with Gasteiger partial charge in [-0.05, 0) is 0 Å². The molecule has 0 N–H and O–H groups in total. The summed E-state index contributed by atoms with van der Waals surface area (Å²) in [6.45, 7) is 2.19. The summed E-state index contributed by atoms with van der Waals surface area (Å²) >= 11 is 1.37. The lowest BCUT2D eigenvalue weighted by atomic mass is 11.0. The summed E-state index contributed by atoms with van der Waals surface area (Å²) in [5.74, 6) is 0. The van der Waals surface area contributed by atoms with E-state index in [2.05, 4.69) is 6.92 Å². The minimum Gasteiger partial charge on any atom is -0.147 e. The van der Waals surface area contributed by atoms with Crippen LogP contribution >= 0.6 is 49.6 Å². The van der Waals surface area contributed by atoms with Gasteiger partial charge in [-0.25, -0.2) is 0 Å². The van der Waals surface area contributed by atoms with Gasteiger partial charge in [0.25, 0.3) is 0 Å². The van der Waals surface area contributed by atoms with Crippen LogP contribution in [0.2, 0.25) is 5.28 Å². The van der Waals surface area contributed by atoms with E-state index in [1.807, 2.05) is 0 Å². The third-order valence-corrected chi connectivity index (χ3v) is 0. The summed E-state index contributed by atoms with van der Waals surface area (Å²) in [5.41, 5.74) is 0. The average Bonchev–Trinajstić information content (AvgIpc) is 0.918. The maximum absolute atomic E-state index is 2.19. The Bertz CT molecular complexity index is 9.65. The first-order valence-electron chi connectivity index (χ1n) is 1.41. The molecule has 0 rings (SSSR count). The molecule has 5 heteroatoms. The molecule has 0 aliphatic carbocycles. The molecular weight excluding hydrogens is 193 g/mol. The highest BCUT2D eigenvalue weighted by molar-refractivity contribution is 6.08. The monoisotopic (exact) mass is 202 g/mol. The van der Waals surface area contributed by atoms with Gasteiger partial charge in [0.05, 0.1) is 0 Å². The van der Waals surface area contributed by atoms with Crippen molar-refractivity contribution in [2.45, 2.75) is 12.2 Å². The molecule has 0 aromatic rings. The van der Waals surface area contributed by atoms with Crippen LogP contribution in [-0.4, -0.2) is 16.3 Å². The molecule has 0 fully saturated rings. The van der Waals surface area contributed by atoms with E-state index in [1.165, 1.54) is 21.6 Å². The van der Waals surface area contributed by atoms with Crippen LogP contribution in [0.25, 0.3) is 0 Å². The molecule has 0 radical (unpaired) electrons. The largest absolute Gasteiger partial charge is 0.211 e. The molecule has 0 heterocycles. The maximum Gasteiger partial charge on any atom is 0.211 e. The van der Waals surface area contributed by atoms with Crippen molar-refractivity contribution in [3.63, 3.8) is 0 Å². The van der Waals surface area contributed by atoms with Crippen molar-refractivity contribution in [3.8, 4) is 0 Å². The van der Waals surface area contributed by atoms with Crippen LogP contribution in [0.4, 0.5) is 0 Å². The van der Waals surface area contributed by atoms with Crippen molar-refractivity contribution in [1.82, 2.24) is 0 Å². The SMILES string of the molecule is C[CH2][AlH2].Cl.Cl.Cl.Cl. The Hall–Kier alpha value is 1.69. The van der Waals surface area contributed by atoms with Crippen molar-refractivity contribution in [1.29, 1.82) is 0 Å². The Morgan fingerprint density at radius 2 is 1.00 bits per heavy atom. The topological polar surface area (TPSA) is 0 Å². The first-order valence-corrected chi connectivity index (χ1v) is 2.83. The first kappa shape index (κ1) is 37.7. The molecule has 0 bridgehead atoms. The van der Waals surface area contributed by atoms with E-state index in [9.17, 15) is 0 Å². The molecule has 0 nitrogen and oxygen atoms in total. The van der Waals surface area contributed by atoms with Gasteiger partial charge in [-0.2, -0.15) is 0 Å². The lowest BCUT2D eigenvalue weighted by molar-refractivity contribution is 1.48. The van der Waals surface area contributed by atoms with E-state index in [-0.39, 0.29) is 49.6 Å². The highest BCUT2D eigenvalue weighted by atomic mass is 35.5. The minimum atomic E-state index is 0. The van der Waals surface area contributed by atoms with Gasteiger partial charge in [0.2, 0.25) is 16.3 Å². The van der Waals surface area contributed by atoms with E-state index >= 15 is 0 Å². The fourth-order valence-electron chi connectivity index (χ4n) is 0. The molecule has 7 heavy (non-hydrogen) atoms. The Morgan fingerprint density at radius 3 is 1.00 bits per heavy atom. The van der Waals surface area contributed by atoms with Crippen LogP contribution in [0, 0.1) is 0 Å². The van der Waals surface area contributed by atoms with Crippen LogP contribution in [0.5, 0.6) is 0 Å². The molecule has 0 aromatic heterocycles. The highest BCUT2D eigenvalue weighted by Gasteiger charge is 1.41. The van der Waals surface area contributed by atoms with Gasteiger partial charge in [-0.3, -0.25) is 0 Å². The van der Waals surface area contributed by atoms with Gasteiger partial charge < -0.3 is 0 Å². The zero-order valence-corrected chi connectivity index (χ0v) is 9.61. The lowest BCUT2D eigenvalue weighted by Gasteiger charge is -1.44. The van der Waals surface area contributed by atoms with Gasteiger partial charge in [0, 0.05) is 0 Å². The van der Waals surface area contributed by atoms with Crippen LogP contribution in [0.15, 0.2) is 0 Å². The van der Waals surface area contributed by atoms with Gasteiger partial charge in [0.1, 0.15) is 0 Å².